The summed E-state index contributed by atoms with van der Waals surface area (Å²) in [5.74, 6) is 0.945. The number of thioether (sulfide) groups is 1. The summed E-state index contributed by atoms with van der Waals surface area (Å²) in [5.41, 5.74) is 2.65. The SMILES string of the molecule is CSc1nc(C(C)C)nc(C)c1C(=O)NCCCN(C)Cc1ccccc1. The summed E-state index contributed by atoms with van der Waals surface area (Å²) >= 11 is 1.49. The van der Waals surface area contributed by atoms with Crippen molar-refractivity contribution in [1.82, 2.24) is 20.2 Å². The van der Waals surface area contributed by atoms with Gasteiger partial charge >= 0.3 is 0 Å². The Morgan fingerprint density at radius 3 is 2.56 bits per heavy atom. The average Bonchev–Trinajstić information content (AvgIpc) is 2.65. The van der Waals surface area contributed by atoms with Crippen LogP contribution in [0.2, 0.25) is 0 Å². The van der Waals surface area contributed by atoms with Crippen molar-refractivity contribution < 1.29 is 4.79 Å². The van der Waals surface area contributed by atoms with Crippen molar-refractivity contribution >= 4 is 17.7 Å². The minimum atomic E-state index is -0.0853. The maximum Gasteiger partial charge on any atom is 0.255 e. The summed E-state index contributed by atoms with van der Waals surface area (Å²) in [4.78, 5) is 24.0. The van der Waals surface area contributed by atoms with Gasteiger partial charge in [-0.2, -0.15) is 0 Å². The Kier molecular flexibility index (Phi) is 8.25. The van der Waals surface area contributed by atoms with Gasteiger partial charge in [0.05, 0.1) is 11.3 Å². The maximum atomic E-state index is 12.6. The quantitative estimate of drug-likeness (QED) is 0.403. The summed E-state index contributed by atoms with van der Waals surface area (Å²) in [6.45, 7) is 8.48. The molecule has 0 fully saturated rings. The highest BCUT2D eigenvalue weighted by atomic mass is 32.2. The highest BCUT2D eigenvalue weighted by Crippen LogP contribution is 2.23. The van der Waals surface area contributed by atoms with Gasteiger partial charge in [-0.25, -0.2) is 9.97 Å². The predicted octanol–water partition coefficient (Wildman–Crippen LogP) is 3.88. The van der Waals surface area contributed by atoms with Crippen molar-refractivity contribution in [2.45, 2.75) is 44.7 Å². The molecule has 146 valence electrons. The standard InChI is InChI=1S/C21H30N4OS/c1-15(2)19-23-16(3)18(21(24-19)27-5)20(26)22-12-9-13-25(4)14-17-10-7-6-8-11-17/h6-8,10-11,15H,9,12-14H2,1-5H3,(H,22,26). The third-order valence-electron chi connectivity index (χ3n) is 4.31. The molecule has 0 aliphatic carbocycles. The molecule has 0 atom stereocenters. The molecule has 0 aliphatic rings. The first kappa shape index (κ1) is 21.4. The number of aryl methyl sites for hydroxylation is 1. The first-order chi connectivity index (χ1) is 12.9. The molecule has 0 unspecified atom stereocenters. The van der Waals surface area contributed by atoms with Crippen LogP contribution in [0, 0.1) is 6.92 Å². The fourth-order valence-electron chi connectivity index (χ4n) is 2.85. The van der Waals surface area contributed by atoms with E-state index in [1.807, 2.05) is 19.2 Å². The van der Waals surface area contributed by atoms with E-state index < -0.39 is 0 Å². The largest absolute Gasteiger partial charge is 0.352 e. The Morgan fingerprint density at radius 2 is 1.93 bits per heavy atom. The molecule has 2 aromatic rings. The molecule has 0 bridgehead atoms. The van der Waals surface area contributed by atoms with E-state index in [1.165, 1.54) is 17.3 Å². The number of hydrogen-bond donors (Lipinski definition) is 1. The average molecular weight is 387 g/mol. The molecule has 1 N–H and O–H groups in total. The summed E-state index contributed by atoms with van der Waals surface area (Å²) in [6, 6.07) is 10.4. The van der Waals surface area contributed by atoms with Gasteiger partial charge in [0.2, 0.25) is 0 Å². The number of nitrogens with zero attached hydrogens (tertiary/aromatic N) is 3. The molecule has 27 heavy (non-hydrogen) atoms. The van der Waals surface area contributed by atoms with Gasteiger partial charge in [0.1, 0.15) is 10.9 Å². The number of hydrogen-bond acceptors (Lipinski definition) is 5. The van der Waals surface area contributed by atoms with Crippen LogP contribution in [0.3, 0.4) is 0 Å². The third kappa shape index (κ3) is 6.33. The number of amides is 1. The number of rotatable bonds is 9. The number of benzene rings is 1. The Balaban J connectivity index is 1.87. The van der Waals surface area contributed by atoms with E-state index in [0.29, 0.717) is 12.1 Å². The van der Waals surface area contributed by atoms with Crippen molar-refractivity contribution in [3.8, 4) is 0 Å². The number of carbonyl (C=O) groups excluding carboxylic acids is 1. The summed E-state index contributed by atoms with van der Waals surface area (Å²) < 4.78 is 0. The fourth-order valence-corrected chi connectivity index (χ4v) is 3.48. The molecule has 1 aromatic carbocycles. The van der Waals surface area contributed by atoms with E-state index in [4.69, 9.17) is 0 Å². The maximum absolute atomic E-state index is 12.6. The molecule has 1 heterocycles. The zero-order chi connectivity index (χ0) is 19.8. The van der Waals surface area contributed by atoms with Crippen LogP contribution >= 0.6 is 11.8 Å². The fraction of sp³-hybridized carbons (Fsp3) is 0.476. The smallest absolute Gasteiger partial charge is 0.255 e. The zero-order valence-electron chi connectivity index (χ0n) is 17.0. The minimum Gasteiger partial charge on any atom is -0.352 e. The Bertz CT molecular complexity index is 749. The highest BCUT2D eigenvalue weighted by Gasteiger charge is 2.19. The number of carbonyl (C=O) groups is 1. The second kappa shape index (κ2) is 10.4. The lowest BCUT2D eigenvalue weighted by Gasteiger charge is -2.17. The van der Waals surface area contributed by atoms with Gasteiger partial charge in [-0.05, 0) is 38.8 Å². The molecule has 0 saturated carbocycles. The van der Waals surface area contributed by atoms with Gasteiger partial charge in [0.25, 0.3) is 5.91 Å². The van der Waals surface area contributed by atoms with Crippen LogP contribution in [0.25, 0.3) is 0 Å². The van der Waals surface area contributed by atoms with Crippen LogP contribution in [0.5, 0.6) is 0 Å². The highest BCUT2D eigenvalue weighted by molar-refractivity contribution is 7.98. The van der Waals surface area contributed by atoms with Gasteiger partial charge in [0, 0.05) is 19.0 Å². The van der Waals surface area contributed by atoms with Gasteiger partial charge in [-0.1, -0.05) is 44.2 Å². The van der Waals surface area contributed by atoms with Crippen LogP contribution in [0.15, 0.2) is 35.4 Å². The van der Waals surface area contributed by atoms with Crippen LogP contribution in [-0.4, -0.2) is 47.2 Å². The molecule has 5 nitrogen and oxygen atoms in total. The lowest BCUT2D eigenvalue weighted by Crippen LogP contribution is -2.29. The summed E-state index contributed by atoms with van der Waals surface area (Å²) in [5, 5.41) is 3.78. The minimum absolute atomic E-state index is 0.0853. The van der Waals surface area contributed by atoms with E-state index in [1.54, 1.807) is 0 Å². The van der Waals surface area contributed by atoms with Crippen LogP contribution < -0.4 is 5.32 Å². The summed E-state index contributed by atoms with van der Waals surface area (Å²) in [6.07, 6.45) is 2.84. The second-order valence-electron chi connectivity index (χ2n) is 7.04. The number of aromatic nitrogens is 2. The molecule has 1 aromatic heterocycles. The van der Waals surface area contributed by atoms with E-state index >= 15 is 0 Å². The van der Waals surface area contributed by atoms with Crippen molar-refractivity contribution in [1.29, 1.82) is 0 Å². The van der Waals surface area contributed by atoms with Crippen molar-refractivity contribution in [3.63, 3.8) is 0 Å². The van der Waals surface area contributed by atoms with Crippen molar-refractivity contribution in [2.24, 2.45) is 0 Å². The first-order valence-corrected chi connectivity index (χ1v) is 10.6. The van der Waals surface area contributed by atoms with Gasteiger partial charge in [-0.15, -0.1) is 11.8 Å². The Labute approximate surface area is 167 Å². The van der Waals surface area contributed by atoms with Crippen LogP contribution in [0.1, 0.15) is 53.6 Å². The third-order valence-corrected chi connectivity index (χ3v) is 4.99. The summed E-state index contributed by atoms with van der Waals surface area (Å²) in [7, 11) is 2.10. The molecule has 6 heteroatoms. The molecular formula is C21H30N4OS. The molecule has 0 aliphatic heterocycles. The van der Waals surface area contributed by atoms with Crippen molar-refractivity contribution in [3.05, 3.63) is 53.0 Å². The lowest BCUT2D eigenvalue weighted by molar-refractivity contribution is 0.0947. The van der Waals surface area contributed by atoms with Gasteiger partial charge in [-0.3, -0.25) is 4.79 Å². The molecule has 0 spiro atoms. The van der Waals surface area contributed by atoms with Crippen molar-refractivity contribution in [2.75, 3.05) is 26.4 Å². The molecule has 0 radical (unpaired) electrons. The second-order valence-corrected chi connectivity index (χ2v) is 7.83. The molecule has 1 amide bonds. The lowest BCUT2D eigenvalue weighted by atomic mass is 10.1. The topological polar surface area (TPSA) is 58.1 Å². The molecule has 0 saturated heterocycles. The van der Waals surface area contributed by atoms with E-state index in [2.05, 4.69) is 65.3 Å². The van der Waals surface area contributed by atoms with E-state index in [0.717, 1.165) is 36.1 Å². The van der Waals surface area contributed by atoms with Gasteiger partial charge in [0.15, 0.2) is 0 Å². The van der Waals surface area contributed by atoms with E-state index in [-0.39, 0.29) is 11.8 Å². The molecule has 2 rings (SSSR count). The Hall–Kier alpha value is -1.92. The van der Waals surface area contributed by atoms with Gasteiger partial charge < -0.3 is 10.2 Å². The van der Waals surface area contributed by atoms with Crippen LogP contribution in [0.4, 0.5) is 0 Å². The number of nitrogens with one attached hydrogen (secondary N) is 1. The predicted molar refractivity (Wildman–Crippen MR) is 112 cm³/mol. The zero-order valence-corrected chi connectivity index (χ0v) is 17.8. The van der Waals surface area contributed by atoms with E-state index in [9.17, 15) is 4.79 Å². The monoisotopic (exact) mass is 386 g/mol. The molecular weight excluding hydrogens is 356 g/mol. The van der Waals surface area contributed by atoms with Crippen LogP contribution in [-0.2, 0) is 6.54 Å². The first-order valence-electron chi connectivity index (χ1n) is 9.35. The normalized spacial score (nSPS) is 11.2. The Morgan fingerprint density at radius 1 is 1.22 bits per heavy atom.